The quantitative estimate of drug-likeness (QED) is 0.766. The number of nitrogens with zero attached hydrogens (tertiary/aromatic N) is 2. The number of rotatable bonds is 8. The van der Waals surface area contributed by atoms with E-state index in [2.05, 4.69) is 35.7 Å². The van der Waals surface area contributed by atoms with Crippen molar-refractivity contribution < 1.29 is 9.90 Å². The maximum absolute atomic E-state index is 12.1. The Balaban J connectivity index is 2.52. The molecule has 1 heterocycles. The van der Waals surface area contributed by atoms with Crippen LogP contribution in [0.25, 0.3) is 0 Å². The molecule has 5 nitrogen and oxygen atoms in total. The van der Waals surface area contributed by atoms with Gasteiger partial charge < -0.3 is 10.4 Å². The van der Waals surface area contributed by atoms with Gasteiger partial charge in [-0.15, -0.1) is 5.10 Å². The van der Waals surface area contributed by atoms with Crippen LogP contribution in [0.3, 0.4) is 0 Å². The monoisotopic (exact) mass is 285 g/mol. The lowest BCUT2D eigenvalue weighted by Gasteiger charge is -2.24. The number of carbonyl (C=O) groups is 1. The van der Waals surface area contributed by atoms with Crippen LogP contribution in [0, 0.1) is 5.41 Å². The third kappa shape index (κ3) is 5.24. The number of carbonyl (C=O) groups excluding carboxylic acids is 1. The maximum Gasteiger partial charge on any atom is 0.264 e. The van der Waals surface area contributed by atoms with Gasteiger partial charge >= 0.3 is 0 Å². The van der Waals surface area contributed by atoms with Crippen molar-refractivity contribution in [1.82, 2.24) is 14.9 Å². The summed E-state index contributed by atoms with van der Waals surface area (Å²) in [6, 6.07) is 0. The van der Waals surface area contributed by atoms with Gasteiger partial charge in [0.15, 0.2) is 0 Å². The van der Waals surface area contributed by atoms with Gasteiger partial charge in [-0.1, -0.05) is 31.7 Å². The molecule has 0 saturated carbocycles. The molecule has 0 aliphatic carbocycles. The number of aryl methyl sites for hydroxylation is 1. The summed E-state index contributed by atoms with van der Waals surface area (Å²) in [4.78, 5) is 12.7. The van der Waals surface area contributed by atoms with E-state index in [4.69, 9.17) is 5.11 Å². The Morgan fingerprint density at radius 2 is 2.21 bits per heavy atom. The molecule has 0 spiro atoms. The van der Waals surface area contributed by atoms with Gasteiger partial charge in [0.25, 0.3) is 5.91 Å². The van der Waals surface area contributed by atoms with Gasteiger partial charge in [-0.25, -0.2) is 0 Å². The number of hydrogen-bond donors (Lipinski definition) is 2. The lowest BCUT2D eigenvalue weighted by atomic mass is 9.88. The molecule has 0 bridgehead atoms. The van der Waals surface area contributed by atoms with E-state index in [-0.39, 0.29) is 17.9 Å². The van der Waals surface area contributed by atoms with E-state index in [0.717, 1.165) is 42.9 Å². The van der Waals surface area contributed by atoms with E-state index in [9.17, 15) is 4.79 Å². The van der Waals surface area contributed by atoms with Gasteiger partial charge in [-0.2, -0.15) is 0 Å². The lowest BCUT2D eigenvalue weighted by molar-refractivity contribution is 0.0936. The number of amides is 1. The predicted molar refractivity (Wildman–Crippen MR) is 76.3 cm³/mol. The van der Waals surface area contributed by atoms with Crippen LogP contribution < -0.4 is 5.32 Å². The molecule has 6 heteroatoms. The van der Waals surface area contributed by atoms with Crippen LogP contribution in [0.4, 0.5) is 0 Å². The second-order valence-corrected chi connectivity index (χ2v) is 6.23. The minimum absolute atomic E-state index is 0.0125. The van der Waals surface area contributed by atoms with Crippen LogP contribution in [-0.4, -0.2) is 33.8 Å². The molecule has 1 aromatic rings. The second kappa shape index (κ2) is 7.55. The molecule has 0 saturated heterocycles. The Kier molecular flexibility index (Phi) is 6.37. The Morgan fingerprint density at radius 3 is 2.84 bits per heavy atom. The van der Waals surface area contributed by atoms with Gasteiger partial charge in [-0.05, 0) is 36.2 Å². The van der Waals surface area contributed by atoms with Crippen molar-refractivity contribution in [3.8, 4) is 0 Å². The van der Waals surface area contributed by atoms with Gasteiger partial charge in [0, 0.05) is 13.2 Å². The van der Waals surface area contributed by atoms with E-state index < -0.39 is 0 Å². The summed E-state index contributed by atoms with van der Waals surface area (Å²) in [7, 11) is 0. The van der Waals surface area contributed by atoms with Crippen LogP contribution in [0.15, 0.2) is 0 Å². The van der Waals surface area contributed by atoms with Crippen molar-refractivity contribution in [2.75, 3.05) is 13.2 Å². The normalized spacial score (nSPS) is 11.6. The summed E-state index contributed by atoms with van der Waals surface area (Å²) in [5, 5.41) is 15.8. The molecule has 0 aliphatic rings. The molecule has 1 aromatic heterocycles. The molecule has 108 valence electrons. The summed E-state index contributed by atoms with van der Waals surface area (Å²) >= 11 is 1.15. The van der Waals surface area contributed by atoms with Gasteiger partial charge in [0.1, 0.15) is 4.88 Å². The summed E-state index contributed by atoms with van der Waals surface area (Å²) in [6.45, 7) is 7.01. The first-order valence-electron chi connectivity index (χ1n) is 6.70. The molecule has 1 rings (SSSR count). The number of nitrogens with one attached hydrogen (secondary N) is 1. The Morgan fingerprint density at radius 1 is 1.47 bits per heavy atom. The second-order valence-electron chi connectivity index (χ2n) is 5.47. The van der Waals surface area contributed by atoms with Crippen LogP contribution in [0.2, 0.25) is 0 Å². The van der Waals surface area contributed by atoms with Gasteiger partial charge in [0.2, 0.25) is 0 Å². The van der Waals surface area contributed by atoms with Crippen LogP contribution in [-0.2, 0) is 6.42 Å². The zero-order valence-corrected chi connectivity index (χ0v) is 12.7. The van der Waals surface area contributed by atoms with Crippen LogP contribution >= 0.6 is 11.5 Å². The Labute approximate surface area is 118 Å². The van der Waals surface area contributed by atoms with E-state index >= 15 is 0 Å². The molecular weight excluding hydrogens is 262 g/mol. The summed E-state index contributed by atoms with van der Waals surface area (Å²) in [5.41, 5.74) is 0.777. The van der Waals surface area contributed by atoms with Crippen molar-refractivity contribution in [1.29, 1.82) is 0 Å². The number of aliphatic hydroxyl groups excluding tert-OH is 1. The Hall–Kier alpha value is -1.01. The summed E-state index contributed by atoms with van der Waals surface area (Å²) in [6.07, 6.45) is 3.37. The molecular formula is C13H23N3O2S. The molecule has 19 heavy (non-hydrogen) atoms. The fourth-order valence-electron chi connectivity index (χ4n) is 1.83. The van der Waals surface area contributed by atoms with Crippen molar-refractivity contribution in [3.63, 3.8) is 0 Å². The highest BCUT2D eigenvalue weighted by atomic mass is 32.1. The van der Waals surface area contributed by atoms with E-state index in [0.29, 0.717) is 11.4 Å². The molecule has 0 fully saturated rings. The summed E-state index contributed by atoms with van der Waals surface area (Å²) in [5.74, 6) is -0.0875. The fourth-order valence-corrected chi connectivity index (χ4v) is 2.45. The first kappa shape index (κ1) is 16.0. The molecule has 0 aromatic carbocycles. The third-order valence-corrected chi connectivity index (χ3v) is 3.75. The van der Waals surface area contributed by atoms with Crippen molar-refractivity contribution >= 4 is 17.4 Å². The van der Waals surface area contributed by atoms with Crippen LogP contribution in [0.5, 0.6) is 0 Å². The predicted octanol–water partition coefficient (Wildman–Crippen LogP) is 2.02. The van der Waals surface area contributed by atoms with Crippen molar-refractivity contribution in [3.05, 3.63) is 10.6 Å². The van der Waals surface area contributed by atoms with Crippen molar-refractivity contribution in [2.45, 2.75) is 46.5 Å². The minimum Gasteiger partial charge on any atom is -0.396 e. The average Bonchev–Trinajstić information content (AvgIpc) is 2.82. The first-order chi connectivity index (χ1) is 9.00. The Bertz CT molecular complexity index is 404. The van der Waals surface area contributed by atoms with Gasteiger partial charge in [-0.3, -0.25) is 4.79 Å². The zero-order valence-electron chi connectivity index (χ0n) is 11.9. The first-order valence-corrected chi connectivity index (χ1v) is 7.48. The zero-order chi connectivity index (χ0) is 14.3. The topological polar surface area (TPSA) is 75.1 Å². The van der Waals surface area contributed by atoms with E-state index in [1.807, 2.05) is 0 Å². The van der Waals surface area contributed by atoms with Gasteiger partial charge in [0.05, 0.1) is 5.69 Å². The molecule has 0 atom stereocenters. The van der Waals surface area contributed by atoms with E-state index in [1.165, 1.54) is 0 Å². The largest absolute Gasteiger partial charge is 0.396 e. The minimum atomic E-state index is -0.0875. The number of aromatic nitrogens is 2. The molecule has 1 amide bonds. The highest BCUT2D eigenvalue weighted by Gasteiger charge is 2.21. The highest BCUT2D eigenvalue weighted by molar-refractivity contribution is 7.08. The smallest absolute Gasteiger partial charge is 0.264 e. The fraction of sp³-hybridized carbons (Fsp3) is 0.769. The highest BCUT2D eigenvalue weighted by Crippen LogP contribution is 2.21. The molecule has 0 unspecified atom stereocenters. The number of hydrogen-bond acceptors (Lipinski definition) is 5. The SMILES string of the molecule is CCCc1nnsc1C(=O)NCC(C)(C)CCCO. The van der Waals surface area contributed by atoms with Crippen molar-refractivity contribution in [2.24, 2.45) is 5.41 Å². The molecule has 0 radical (unpaired) electrons. The standard InChI is InChI=1S/C13H23N3O2S/c1-4-6-10-11(19-16-15-10)12(18)14-9-13(2,3)7-5-8-17/h17H,4-9H2,1-3H3,(H,14,18). The van der Waals surface area contributed by atoms with E-state index in [1.54, 1.807) is 0 Å². The number of aliphatic hydroxyl groups is 1. The average molecular weight is 285 g/mol. The molecule has 2 N–H and O–H groups in total. The van der Waals surface area contributed by atoms with Crippen LogP contribution in [0.1, 0.15) is 55.4 Å². The summed E-state index contributed by atoms with van der Waals surface area (Å²) < 4.78 is 3.85. The third-order valence-electron chi connectivity index (χ3n) is 2.99. The lowest BCUT2D eigenvalue weighted by Crippen LogP contribution is -2.34. The maximum atomic E-state index is 12.1. The molecule has 0 aliphatic heterocycles.